The molecule has 0 saturated carbocycles. The number of furan rings is 1. The van der Waals surface area contributed by atoms with Gasteiger partial charge in [0.2, 0.25) is 0 Å². The van der Waals surface area contributed by atoms with Crippen molar-refractivity contribution in [3.05, 3.63) is 23.2 Å². The van der Waals surface area contributed by atoms with Crippen molar-refractivity contribution in [1.29, 1.82) is 0 Å². The second-order valence-corrected chi connectivity index (χ2v) is 5.26. The van der Waals surface area contributed by atoms with E-state index in [9.17, 15) is 4.79 Å². The average molecular weight is 280 g/mol. The maximum Gasteiger partial charge on any atom is 0.341 e. The van der Waals surface area contributed by atoms with Crippen molar-refractivity contribution < 1.29 is 13.9 Å². The summed E-state index contributed by atoms with van der Waals surface area (Å²) < 4.78 is 10.3. The number of hydrogen-bond donors (Lipinski definition) is 1. The molecular formula is C15H24N2O3. The lowest BCUT2D eigenvalue weighted by Gasteiger charge is -2.31. The minimum Gasteiger partial charge on any atom is -0.465 e. The van der Waals surface area contributed by atoms with Crippen LogP contribution in [0.25, 0.3) is 0 Å². The van der Waals surface area contributed by atoms with Crippen LogP contribution >= 0.6 is 0 Å². The zero-order chi connectivity index (χ0) is 14.5. The van der Waals surface area contributed by atoms with E-state index in [2.05, 4.69) is 17.1 Å². The van der Waals surface area contributed by atoms with Crippen LogP contribution in [0.15, 0.2) is 10.5 Å². The van der Waals surface area contributed by atoms with Crippen molar-refractivity contribution in [1.82, 2.24) is 10.2 Å². The summed E-state index contributed by atoms with van der Waals surface area (Å²) in [6.07, 6.45) is 2.33. The molecule has 1 aromatic rings. The van der Waals surface area contributed by atoms with Gasteiger partial charge in [0.1, 0.15) is 17.1 Å². The fourth-order valence-corrected chi connectivity index (χ4v) is 2.64. The summed E-state index contributed by atoms with van der Waals surface area (Å²) in [6.45, 7) is 8.09. The van der Waals surface area contributed by atoms with Crippen LogP contribution in [0.4, 0.5) is 0 Å². The van der Waals surface area contributed by atoms with E-state index in [0.717, 1.165) is 38.2 Å². The quantitative estimate of drug-likeness (QED) is 0.835. The van der Waals surface area contributed by atoms with Gasteiger partial charge in [-0.3, -0.25) is 0 Å². The molecule has 2 rings (SSSR count). The third kappa shape index (κ3) is 3.61. The van der Waals surface area contributed by atoms with Crippen LogP contribution in [0.5, 0.6) is 0 Å². The zero-order valence-electron chi connectivity index (χ0n) is 12.6. The van der Waals surface area contributed by atoms with E-state index < -0.39 is 0 Å². The number of carbonyl (C=O) groups excluding carboxylic acids is 1. The van der Waals surface area contributed by atoms with Crippen molar-refractivity contribution in [2.75, 3.05) is 26.7 Å². The van der Waals surface area contributed by atoms with Gasteiger partial charge in [-0.05, 0) is 45.5 Å². The summed E-state index contributed by atoms with van der Waals surface area (Å²) in [5.74, 6) is 1.07. The van der Waals surface area contributed by atoms with Crippen LogP contribution in [-0.2, 0) is 11.3 Å². The molecule has 2 heterocycles. The van der Waals surface area contributed by atoms with Crippen molar-refractivity contribution in [2.24, 2.45) is 0 Å². The lowest BCUT2D eigenvalue weighted by molar-refractivity contribution is 0.0599. The molecule has 1 N–H and O–H groups in total. The van der Waals surface area contributed by atoms with Crippen molar-refractivity contribution in [3.8, 4) is 0 Å². The molecule has 0 aliphatic carbocycles. The SMILES string of the molecule is CCN1CCC(NCc2cc(C(=O)OC)c(C)o2)CC1. The number of carbonyl (C=O) groups is 1. The summed E-state index contributed by atoms with van der Waals surface area (Å²) in [5.41, 5.74) is 0.519. The summed E-state index contributed by atoms with van der Waals surface area (Å²) in [6, 6.07) is 2.31. The van der Waals surface area contributed by atoms with Gasteiger partial charge in [0.05, 0.1) is 13.7 Å². The largest absolute Gasteiger partial charge is 0.465 e. The molecule has 1 aliphatic rings. The van der Waals surface area contributed by atoms with Crippen LogP contribution in [-0.4, -0.2) is 43.7 Å². The molecule has 0 spiro atoms. The Balaban J connectivity index is 1.84. The molecule has 5 heteroatoms. The Kier molecular flexibility index (Phi) is 5.20. The highest BCUT2D eigenvalue weighted by molar-refractivity contribution is 5.90. The Bertz CT molecular complexity index is 448. The molecule has 20 heavy (non-hydrogen) atoms. The predicted octanol–water partition coefficient (Wildman–Crippen LogP) is 1.95. The van der Waals surface area contributed by atoms with Gasteiger partial charge in [0.15, 0.2) is 0 Å². The van der Waals surface area contributed by atoms with E-state index in [4.69, 9.17) is 9.15 Å². The topological polar surface area (TPSA) is 54.7 Å². The molecule has 1 saturated heterocycles. The number of aryl methyl sites for hydroxylation is 1. The van der Waals surface area contributed by atoms with Crippen LogP contribution in [0.1, 0.15) is 41.6 Å². The smallest absolute Gasteiger partial charge is 0.341 e. The Labute approximate surface area is 120 Å². The molecule has 0 bridgehead atoms. The van der Waals surface area contributed by atoms with Gasteiger partial charge in [-0.25, -0.2) is 4.79 Å². The molecule has 1 aromatic heterocycles. The molecule has 0 amide bonds. The minimum atomic E-state index is -0.339. The first-order chi connectivity index (χ1) is 9.63. The van der Waals surface area contributed by atoms with Gasteiger partial charge in [-0.2, -0.15) is 0 Å². The van der Waals surface area contributed by atoms with Gasteiger partial charge in [-0.15, -0.1) is 0 Å². The second-order valence-electron chi connectivity index (χ2n) is 5.26. The third-order valence-electron chi connectivity index (χ3n) is 3.97. The molecule has 1 fully saturated rings. The Morgan fingerprint density at radius 1 is 1.50 bits per heavy atom. The average Bonchev–Trinajstić information content (AvgIpc) is 2.86. The molecule has 0 atom stereocenters. The first-order valence-electron chi connectivity index (χ1n) is 7.27. The molecule has 0 unspecified atom stereocenters. The lowest BCUT2D eigenvalue weighted by atomic mass is 10.1. The van der Waals surface area contributed by atoms with E-state index in [1.165, 1.54) is 7.11 Å². The number of methoxy groups -OCH3 is 1. The monoisotopic (exact) mass is 280 g/mol. The zero-order valence-corrected chi connectivity index (χ0v) is 12.6. The van der Waals surface area contributed by atoms with Crippen LogP contribution in [0, 0.1) is 6.92 Å². The molecule has 5 nitrogen and oxygen atoms in total. The molecule has 1 aliphatic heterocycles. The van der Waals surface area contributed by atoms with Crippen molar-refractivity contribution in [3.63, 3.8) is 0 Å². The van der Waals surface area contributed by atoms with E-state index in [1.54, 1.807) is 13.0 Å². The number of esters is 1. The van der Waals surface area contributed by atoms with Crippen LogP contribution in [0.3, 0.4) is 0 Å². The van der Waals surface area contributed by atoms with E-state index in [0.29, 0.717) is 23.9 Å². The summed E-state index contributed by atoms with van der Waals surface area (Å²) >= 11 is 0. The van der Waals surface area contributed by atoms with Crippen LogP contribution in [0.2, 0.25) is 0 Å². The summed E-state index contributed by atoms with van der Waals surface area (Å²) in [5, 5.41) is 3.51. The highest BCUT2D eigenvalue weighted by atomic mass is 16.5. The molecule has 0 radical (unpaired) electrons. The second kappa shape index (κ2) is 6.90. The molecule has 112 valence electrons. The summed E-state index contributed by atoms with van der Waals surface area (Å²) in [4.78, 5) is 14.0. The molecular weight excluding hydrogens is 256 g/mol. The van der Waals surface area contributed by atoms with Gasteiger partial charge < -0.3 is 19.4 Å². The van der Waals surface area contributed by atoms with E-state index >= 15 is 0 Å². The Morgan fingerprint density at radius 2 is 2.20 bits per heavy atom. The minimum absolute atomic E-state index is 0.339. The maximum atomic E-state index is 11.5. The number of ether oxygens (including phenoxy) is 1. The van der Waals surface area contributed by atoms with Crippen molar-refractivity contribution in [2.45, 2.75) is 39.3 Å². The van der Waals surface area contributed by atoms with Crippen molar-refractivity contribution >= 4 is 5.97 Å². The first-order valence-corrected chi connectivity index (χ1v) is 7.27. The number of nitrogens with one attached hydrogen (secondary N) is 1. The number of piperidine rings is 1. The highest BCUT2D eigenvalue weighted by Crippen LogP contribution is 2.16. The fraction of sp³-hybridized carbons (Fsp3) is 0.667. The standard InChI is InChI=1S/C15H24N2O3/c1-4-17-7-5-12(6-8-17)16-10-13-9-14(11(2)20-13)15(18)19-3/h9,12,16H,4-8,10H2,1-3H3. The molecule has 0 aromatic carbocycles. The lowest BCUT2D eigenvalue weighted by Crippen LogP contribution is -2.42. The third-order valence-corrected chi connectivity index (χ3v) is 3.97. The number of nitrogens with zero attached hydrogens (tertiary/aromatic N) is 1. The fourth-order valence-electron chi connectivity index (χ4n) is 2.64. The van der Waals surface area contributed by atoms with Gasteiger partial charge >= 0.3 is 5.97 Å². The predicted molar refractivity (Wildman–Crippen MR) is 76.8 cm³/mol. The Hall–Kier alpha value is -1.33. The highest BCUT2D eigenvalue weighted by Gasteiger charge is 2.19. The normalized spacial score (nSPS) is 17.4. The number of rotatable bonds is 5. The Morgan fingerprint density at radius 3 is 2.80 bits per heavy atom. The van der Waals surface area contributed by atoms with Gasteiger partial charge in [0.25, 0.3) is 0 Å². The first kappa shape index (κ1) is 15.1. The van der Waals surface area contributed by atoms with E-state index in [1.807, 2.05) is 0 Å². The van der Waals surface area contributed by atoms with Gasteiger partial charge in [0, 0.05) is 6.04 Å². The summed E-state index contributed by atoms with van der Waals surface area (Å²) in [7, 11) is 1.38. The van der Waals surface area contributed by atoms with Gasteiger partial charge in [-0.1, -0.05) is 6.92 Å². The van der Waals surface area contributed by atoms with E-state index in [-0.39, 0.29) is 5.97 Å². The maximum absolute atomic E-state index is 11.5. The number of likely N-dealkylation sites (tertiary alicyclic amines) is 1. The number of hydrogen-bond acceptors (Lipinski definition) is 5. The van der Waals surface area contributed by atoms with Crippen LogP contribution < -0.4 is 5.32 Å².